The van der Waals surface area contributed by atoms with Crippen molar-refractivity contribution in [3.63, 3.8) is 0 Å². The second kappa shape index (κ2) is 9.12. The second-order valence-corrected chi connectivity index (χ2v) is 7.20. The maximum Gasteiger partial charge on any atom is 0.216 e. The lowest BCUT2D eigenvalue weighted by Crippen LogP contribution is -2.39. The molecule has 1 aromatic carbocycles. The normalized spacial score (nSPS) is 17.8. The molecule has 1 aliphatic rings. The van der Waals surface area contributed by atoms with Crippen LogP contribution in [-0.2, 0) is 22.3 Å². The molecule has 1 amide bonds. The van der Waals surface area contributed by atoms with Crippen molar-refractivity contribution in [3.8, 4) is 0 Å². The minimum absolute atomic E-state index is 0.0828. The molecular weight excluding hydrogens is 312 g/mol. The summed E-state index contributed by atoms with van der Waals surface area (Å²) in [4.78, 5) is 13.9. The zero-order chi connectivity index (χ0) is 16.7. The van der Waals surface area contributed by atoms with E-state index in [0.29, 0.717) is 19.1 Å². The first-order valence-corrected chi connectivity index (χ1v) is 9.16. The number of piperidine rings is 1. The van der Waals surface area contributed by atoms with E-state index in [2.05, 4.69) is 14.9 Å². The lowest BCUT2D eigenvalue weighted by atomic mass is 10.1. The van der Waals surface area contributed by atoms with Crippen LogP contribution in [0.4, 0.5) is 0 Å². The van der Waals surface area contributed by atoms with Crippen molar-refractivity contribution in [2.75, 3.05) is 26.2 Å². The number of nitrogens with one attached hydrogen (secondary N) is 2. The average Bonchev–Trinajstić information content (AvgIpc) is 2.54. The number of nitrogens with two attached hydrogens (primary N) is 1. The van der Waals surface area contributed by atoms with Gasteiger partial charge in [-0.05, 0) is 43.6 Å². The third-order valence-corrected chi connectivity index (χ3v) is 5.07. The van der Waals surface area contributed by atoms with Crippen molar-refractivity contribution >= 4 is 16.9 Å². The van der Waals surface area contributed by atoms with E-state index in [9.17, 15) is 9.00 Å². The highest BCUT2D eigenvalue weighted by molar-refractivity contribution is 7.83. The summed E-state index contributed by atoms with van der Waals surface area (Å²) in [6, 6.07) is 8.19. The van der Waals surface area contributed by atoms with Crippen molar-refractivity contribution in [2.24, 2.45) is 5.73 Å². The molecule has 128 valence electrons. The standard InChI is InChI=1S/C16H26N4O2S/c1-13(21)18-8-9-19-23(22)16-4-2-14(3-5-16)12-20-10-6-15(17)7-11-20/h2-5,15,19H,6-12,17H2,1H3,(H,18,21). The predicted octanol–water partition coefficient (Wildman–Crippen LogP) is 0.358. The number of carbonyl (C=O) groups is 1. The topological polar surface area (TPSA) is 87.5 Å². The van der Waals surface area contributed by atoms with Crippen LogP contribution in [0.3, 0.4) is 0 Å². The van der Waals surface area contributed by atoms with Gasteiger partial charge < -0.3 is 11.1 Å². The van der Waals surface area contributed by atoms with Crippen LogP contribution >= 0.6 is 0 Å². The van der Waals surface area contributed by atoms with Crippen molar-refractivity contribution < 1.29 is 9.00 Å². The Kier molecular flexibility index (Phi) is 7.16. The van der Waals surface area contributed by atoms with Gasteiger partial charge in [-0.25, -0.2) is 8.93 Å². The van der Waals surface area contributed by atoms with E-state index in [0.717, 1.165) is 37.4 Å². The van der Waals surface area contributed by atoms with Gasteiger partial charge >= 0.3 is 0 Å². The molecule has 0 radical (unpaired) electrons. The van der Waals surface area contributed by atoms with E-state index >= 15 is 0 Å². The van der Waals surface area contributed by atoms with E-state index in [-0.39, 0.29) is 5.91 Å². The molecule has 1 aliphatic heterocycles. The average molecular weight is 338 g/mol. The number of hydrogen-bond donors (Lipinski definition) is 3. The molecule has 6 nitrogen and oxygen atoms in total. The van der Waals surface area contributed by atoms with Gasteiger partial charge in [-0.2, -0.15) is 0 Å². The fraction of sp³-hybridized carbons (Fsp3) is 0.562. The lowest BCUT2D eigenvalue weighted by Gasteiger charge is -2.30. The Balaban J connectivity index is 1.77. The second-order valence-electron chi connectivity index (χ2n) is 5.90. The molecule has 0 spiro atoms. The third kappa shape index (κ3) is 6.39. The number of amides is 1. The quantitative estimate of drug-likeness (QED) is 0.627. The van der Waals surface area contributed by atoms with Crippen LogP contribution in [0.25, 0.3) is 0 Å². The van der Waals surface area contributed by atoms with Crippen LogP contribution in [0, 0.1) is 0 Å². The fourth-order valence-corrected chi connectivity index (χ4v) is 3.39. The highest BCUT2D eigenvalue weighted by Crippen LogP contribution is 2.14. The minimum atomic E-state index is -1.25. The number of benzene rings is 1. The molecule has 2 rings (SSSR count). The Labute approximate surface area is 140 Å². The molecule has 1 saturated heterocycles. The van der Waals surface area contributed by atoms with Gasteiger partial charge in [-0.1, -0.05) is 12.1 Å². The molecule has 0 saturated carbocycles. The van der Waals surface area contributed by atoms with Gasteiger partial charge in [0.25, 0.3) is 0 Å². The SMILES string of the molecule is CC(=O)NCCNS(=O)c1ccc(CN2CCC(N)CC2)cc1. The molecule has 0 aromatic heterocycles. The molecule has 1 unspecified atom stereocenters. The number of carbonyl (C=O) groups excluding carboxylic acids is 1. The zero-order valence-corrected chi connectivity index (χ0v) is 14.4. The molecule has 4 N–H and O–H groups in total. The van der Waals surface area contributed by atoms with Crippen molar-refractivity contribution in [3.05, 3.63) is 29.8 Å². The van der Waals surface area contributed by atoms with E-state index in [4.69, 9.17) is 5.73 Å². The summed E-state index contributed by atoms with van der Waals surface area (Å²) in [6.45, 7) is 5.40. The Morgan fingerprint density at radius 1 is 1.26 bits per heavy atom. The van der Waals surface area contributed by atoms with Crippen LogP contribution in [0.2, 0.25) is 0 Å². The van der Waals surface area contributed by atoms with Crippen molar-refractivity contribution in [2.45, 2.75) is 37.2 Å². The first-order chi connectivity index (χ1) is 11.0. The number of rotatable bonds is 7. The molecule has 1 atom stereocenters. The van der Waals surface area contributed by atoms with Crippen molar-refractivity contribution in [1.82, 2.24) is 14.9 Å². The van der Waals surface area contributed by atoms with Gasteiger partial charge in [-0.3, -0.25) is 9.69 Å². The first kappa shape index (κ1) is 18.1. The zero-order valence-electron chi connectivity index (χ0n) is 13.6. The van der Waals surface area contributed by atoms with Crippen LogP contribution in [-0.4, -0.2) is 47.2 Å². The van der Waals surface area contributed by atoms with E-state index in [1.54, 1.807) is 0 Å². The fourth-order valence-electron chi connectivity index (χ4n) is 2.55. The van der Waals surface area contributed by atoms with E-state index in [1.165, 1.54) is 12.5 Å². The van der Waals surface area contributed by atoms with Crippen LogP contribution in [0.15, 0.2) is 29.2 Å². The highest BCUT2D eigenvalue weighted by atomic mass is 32.2. The molecule has 0 bridgehead atoms. The summed E-state index contributed by atoms with van der Waals surface area (Å²) in [7, 11) is -1.25. The summed E-state index contributed by atoms with van der Waals surface area (Å²) in [6.07, 6.45) is 2.11. The Bertz CT molecular complexity index is 527. The van der Waals surface area contributed by atoms with Crippen molar-refractivity contribution in [1.29, 1.82) is 0 Å². The van der Waals surface area contributed by atoms with Gasteiger partial charge in [0.2, 0.25) is 5.91 Å². The highest BCUT2D eigenvalue weighted by Gasteiger charge is 2.16. The van der Waals surface area contributed by atoms with E-state index in [1.807, 2.05) is 24.3 Å². The molecular formula is C16H26N4O2S. The molecule has 23 heavy (non-hydrogen) atoms. The summed E-state index contributed by atoms with van der Waals surface area (Å²) in [5.41, 5.74) is 7.14. The molecule has 1 fully saturated rings. The van der Waals surface area contributed by atoms with Gasteiger partial charge in [0.05, 0.1) is 4.90 Å². The van der Waals surface area contributed by atoms with Crippen LogP contribution in [0.1, 0.15) is 25.3 Å². The maximum absolute atomic E-state index is 12.1. The number of nitrogens with zero attached hydrogens (tertiary/aromatic N) is 1. The summed E-state index contributed by atoms with van der Waals surface area (Å²) < 4.78 is 15.0. The lowest BCUT2D eigenvalue weighted by molar-refractivity contribution is -0.118. The van der Waals surface area contributed by atoms with Crippen LogP contribution in [0.5, 0.6) is 0 Å². The number of likely N-dealkylation sites (tertiary alicyclic amines) is 1. The predicted molar refractivity (Wildman–Crippen MR) is 92.0 cm³/mol. The van der Waals surface area contributed by atoms with Gasteiger partial charge in [0.1, 0.15) is 11.0 Å². The Hall–Kier alpha value is -1.28. The minimum Gasteiger partial charge on any atom is -0.355 e. The van der Waals surface area contributed by atoms with Gasteiger partial charge in [0, 0.05) is 32.6 Å². The van der Waals surface area contributed by atoms with Gasteiger partial charge in [-0.15, -0.1) is 0 Å². The number of hydrogen-bond acceptors (Lipinski definition) is 4. The largest absolute Gasteiger partial charge is 0.355 e. The molecule has 1 heterocycles. The van der Waals surface area contributed by atoms with E-state index < -0.39 is 11.0 Å². The monoisotopic (exact) mass is 338 g/mol. The molecule has 7 heteroatoms. The smallest absolute Gasteiger partial charge is 0.216 e. The maximum atomic E-state index is 12.1. The van der Waals surface area contributed by atoms with Gasteiger partial charge in [0.15, 0.2) is 0 Å². The molecule has 0 aliphatic carbocycles. The summed E-state index contributed by atoms with van der Waals surface area (Å²) in [5, 5.41) is 2.66. The third-order valence-electron chi connectivity index (χ3n) is 3.91. The Morgan fingerprint density at radius 3 is 2.52 bits per heavy atom. The Morgan fingerprint density at radius 2 is 1.91 bits per heavy atom. The summed E-state index contributed by atoms with van der Waals surface area (Å²) >= 11 is 0. The first-order valence-electron chi connectivity index (χ1n) is 8.01. The summed E-state index contributed by atoms with van der Waals surface area (Å²) in [5.74, 6) is -0.0828. The molecule has 1 aromatic rings. The van der Waals surface area contributed by atoms with Crippen LogP contribution < -0.4 is 15.8 Å².